The Morgan fingerprint density at radius 2 is 2.08 bits per heavy atom. The van der Waals surface area contributed by atoms with E-state index in [9.17, 15) is 17.6 Å². The van der Waals surface area contributed by atoms with Gasteiger partial charge in [0, 0.05) is 22.3 Å². The average molecular weight is 413 g/mol. The topological polar surface area (TPSA) is 104 Å². The van der Waals surface area contributed by atoms with Gasteiger partial charge in [0.1, 0.15) is 17.0 Å². The van der Waals surface area contributed by atoms with Crippen LogP contribution >= 0.6 is 15.9 Å². The van der Waals surface area contributed by atoms with Gasteiger partial charge in [0.15, 0.2) is 0 Å². The molecular formula is C14H10BrFN4O3S. The highest BCUT2D eigenvalue weighted by atomic mass is 79.9. The molecule has 1 aromatic carbocycles. The molecule has 0 saturated heterocycles. The normalized spacial score (nSPS) is 11.6. The van der Waals surface area contributed by atoms with Gasteiger partial charge in [0.2, 0.25) is 0 Å². The minimum Gasteiger partial charge on any atom is -0.356 e. The molecule has 0 aliphatic heterocycles. The van der Waals surface area contributed by atoms with Crippen molar-refractivity contribution in [1.29, 1.82) is 0 Å². The predicted molar refractivity (Wildman–Crippen MR) is 88.0 cm³/mol. The Hall–Kier alpha value is -2.30. The molecule has 0 radical (unpaired) electrons. The highest BCUT2D eigenvalue weighted by Crippen LogP contribution is 2.23. The Labute approximate surface area is 144 Å². The number of fused-ring (bicyclic) bond motifs is 1. The molecule has 7 nitrogen and oxygen atoms in total. The van der Waals surface area contributed by atoms with Gasteiger partial charge in [0.25, 0.3) is 15.9 Å². The Balaban J connectivity index is 1.89. The molecule has 0 saturated carbocycles. The fraction of sp³-hybridized carbons (Fsp3) is 0. The van der Waals surface area contributed by atoms with Crippen LogP contribution in [0.25, 0.3) is 10.9 Å². The first-order valence-electron chi connectivity index (χ1n) is 6.58. The van der Waals surface area contributed by atoms with Crippen LogP contribution in [0, 0.1) is 5.82 Å². The molecule has 0 aliphatic carbocycles. The SMILES string of the molecule is O=C(NNS(=O)(=O)c1ccc(F)c2ncccc12)c1cc(Br)c[nH]1. The van der Waals surface area contributed by atoms with Gasteiger partial charge in [-0.15, -0.1) is 4.83 Å². The van der Waals surface area contributed by atoms with Crippen molar-refractivity contribution in [2.45, 2.75) is 4.90 Å². The van der Waals surface area contributed by atoms with E-state index in [0.717, 1.165) is 12.1 Å². The summed E-state index contributed by atoms with van der Waals surface area (Å²) in [6, 6.07) is 6.54. The number of hydrazine groups is 1. The van der Waals surface area contributed by atoms with Crippen LogP contribution in [0.3, 0.4) is 0 Å². The molecule has 0 unspecified atom stereocenters. The molecule has 3 rings (SSSR count). The molecule has 0 fully saturated rings. The third-order valence-electron chi connectivity index (χ3n) is 3.16. The van der Waals surface area contributed by atoms with E-state index < -0.39 is 21.7 Å². The molecule has 0 spiro atoms. The summed E-state index contributed by atoms with van der Waals surface area (Å²) in [4.78, 5) is 20.2. The van der Waals surface area contributed by atoms with E-state index in [0.29, 0.717) is 4.47 Å². The van der Waals surface area contributed by atoms with Crippen LogP contribution in [-0.4, -0.2) is 24.3 Å². The number of hydrogen-bond acceptors (Lipinski definition) is 4. The lowest BCUT2D eigenvalue weighted by atomic mass is 10.2. The minimum absolute atomic E-state index is 0.0694. The van der Waals surface area contributed by atoms with Gasteiger partial charge in [-0.25, -0.2) is 12.8 Å². The van der Waals surface area contributed by atoms with Crippen LogP contribution in [0.2, 0.25) is 0 Å². The maximum Gasteiger partial charge on any atom is 0.282 e. The lowest BCUT2D eigenvalue weighted by Crippen LogP contribution is -2.41. The zero-order valence-electron chi connectivity index (χ0n) is 11.9. The van der Waals surface area contributed by atoms with Gasteiger partial charge >= 0.3 is 0 Å². The van der Waals surface area contributed by atoms with Crippen molar-refractivity contribution in [2.24, 2.45) is 0 Å². The van der Waals surface area contributed by atoms with Crippen LogP contribution in [0.5, 0.6) is 0 Å². The first kappa shape index (κ1) is 16.6. The lowest BCUT2D eigenvalue weighted by Gasteiger charge is -2.10. The number of carbonyl (C=O) groups excluding carboxylic acids is 1. The summed E-state index contributed by atoms with van der Waals surface area (Å²) in [6.07, 6.45) is 2.89. The zero-order chi connectivity index (χ0) is 17.3. The quantitative estimate of drug-likeness (QED) is 0.570. The van der Waals surface area contributed by atoms with E-state index in [1.807, 2.05) is 4.83 Å². The van der Waals surface area contributed by atoms with Crippen LogP contribution in [0.15, 0.2) is 52.1 Å². The molecule has 3 N–H and O–H groups in total. The molecule has 0 aliphatic rings. The number of carbonyl (C=O) groups is 1. The Kier molecular flexibility index (Phi) is 4.35. The Morgan fingerprint density at radius 1 is 1.29 bits per heavy atom. The summed E-state index contributed by atoms with van der Waals surface area (Å²) in [5, 5.41) is 0.113. The minimum atomic E-state index is -4.11. The van der Waals surface area contributed by atoms with Gasteiger partial charge in [-0.2, -0.15) is 0 Å². The van der Waals surface area contributed by atoms with Gasteiger partial charge in [0.05, 0.1) is 4.90 Å². The van der Waals surface area contributed by atoms with Crippen molar-refractivity contribution in [3.8, 4) is 0 Å². The molecule has 1 amide bonds. The fourth-order valence-corrected chi connectivity index (χ4v) is 3.46. The number of aromatic amines is 1. The second kappa shape index (κ2) is 6.30. The van der Waals surface area contributed by atoms with Gasteiger partial charge < -0.3 is 4.98 Å². The zero-order valence-corrected chi connectivity index (χ0v) is 14.3. The highest BCUT2D eigenvalue weighted by Gasteiger charge is 2.20. The molecular weight excluding hydrogens is 403 g/mol. The summed E-state index contributed by atoms with van der Waals surface area (Å²) < 4.78 is 39.2. The number of rotatable bonds is 4. The summed E-state index contributed by atoms with van der Waals surface area (Å²) in [5.41, 5.74) is 2.18. The summed E-state index contributed by atoms with van der Waals surface area (Å²) in [5.74, 6) is -1.31. The van der Waals surface area contributed by atoms with Crippen LogP contribution in [0.4, 0.5) is 4.39 Å². The molecule has 2 aromatic heterocycles. The standard InChI is InChI=1S/C14H10BrFN4O3S/c15-8-6-11(18-7-8)14(21)19-20-24(22,23)12-4-3-10(16)13-9(12)2-1-5-17-13/h1-7,18,20H,(H,19,21). The van der Waals surface area contributed by atoms with Crippen molar-refractivity contribution < 1.29 is 17.6 Å². The largest absolute Gasteiger partial charge is 0.356 e. The maximum atomic E-state index is 13.7. The van der Waals surface area contributed by atoms with Gasteiger partial charge in [-0.05, 0) is 46.3 Å². The van der Waals surface area contributed by atoms with Crippen molar-refractivity contribution in [1.82, 2.24) is 20.2 Å². The van der Waals surface area contributed by atoms with Crippen molar-refractivity contribution in [2.75, 3.05) is 0 Å². The molecule has 0 bridgehead atoms. The number of benzene rings is 1. The molecule has 2 heterocycles. The van der Waals surface area contributed by atoms with E-state index in [1.165, 1.54) is 30.6 Å². The smallest absolute Gasteiger partial charge is 0.282 e. The second-order valence-electron chi connectivity index (χ2n) is 4.74. The monoisotopic (exact) mass is 412 g/mol. The van der Waals surface area contributed by atoms with Crippen molar-refractivity contribution in [3.63, 3.8) is 0 Å². The van der Waals surface area contributed by atoms with E-state index in [4.69, 9.17) is 0 Å². The summed E-state index contributed by atoms with van der Waals surface area (Å²) >= 11 is 3.17. The molecule has 0 atom stereocenters. The molecule has 10 heteroatoms. The number of amides is 1. The number of pyridine rings is 1. The van der Waals surface area contributed by atoms with Crippen LogP contribution in [0.1, 0.15) is 10.5 Å². The number of H-pyrrole nitrogens is 1. The number of nitrogens with zero attached hydrogens (tertiary/aromatic N) is 1. The molecule has 124 valence electrons. The fourth-order valence-electron chi connectivity index (χ4n) is 2.08. The summed E-state index contributed by atoms with van der Waals surface area (Å²) in [7, 11) is -4.11. The average Bonchev–Trinajstić information content (AvgIpc) is 3.00. The number of hydrogen-bond donors (Lipinski definition) is 3. The van der Waals surface area contributed by atoms with Gasteiger partial charge in [-0.3, -0.25) is 15.2 Å². The Morgan fingerprint density at radius 3 is 2.79 bits per heavy atom. The predicted octanol–water partition coefficient (Wildman–Crippen LogP) is 2.09. The highest BCUT2D eigenvalue weighted by molar-refractivity contribution is 9.10. The molecule has 24 heavy (non-hydrogen) atoms. The third kappa shape index (κ3) is 3.16. The van der Waals surface area contributed by atoms with Gasteiger partial charge in [-0.1, -0.05) is 0 Å². The van der Waals surface area contributed by atoms with E-state index >= 15 is 0 Å². The number of sulfonamides is 1. The van der Waals surface area contributed by atoms with Crippen molar-refractivity contribution >= 4 is 42.8 Å². The second-order valence-corrected chi connectivity index (χ2v) is 7.30. The lowest BCUT2D eigenvalue weighted by molar-refractivity contribution is 0.0940. The Bertz CT molecular complexity index is 1040. The van der Waals surface area contributed by atoms with E-state index in [-0.39, 0.29) is 21.5 Å². The first-order chi connectivity index (χ1) is 11.4. The van der Waals surface area contributed by atoms with Crippen LogP contribution in [-0.2, 0) is 10.0 Å². The van der Waals surface area contributed by atoms with Crippen molar-refractivity contribution in [3.05, 3.63) is 58.7 Å². The molecule has 3 aromatic rings. The third-order valence-corrected chi connectivity index (χ3v) is 4.92. The maximum absolute atomic E-state index is 13.7. The van der Waals surface area contributed by atoms with E-state index in [1.54, 1.807) is 0 Å². The summed E-state index contributed by atoms with van der Waals surface area (Å²) in [6.45, 7) is 0. The number of nitrogens with one attached hydrogen (secondary N) is 3. The number of halogens is 2. The van der Waals surface area contributed by atoms with Crippen LogP contribution < -0.4 is 10.3 Å². The van der Waals surface area contributed by atoms with E-state index in [2.05, 4.69) is 31.3 Å². The first-order valence-corrected chi connectivity index (χ1v) is 8.85. The number of aromatic nitrogens is 2.